The first-order valence-electron chi connectivity index (χ1n) is 5.56. The standard InChI is InChI=1S/C10H18N4S/c1-14-8-12-13-10(14)15-7-5-9-4-2-3-6-11-9/h8-9,11H,2-7H2,1H3/t9-/m0/s1. The fourth-order valence-corrected chi connectivity index (χ4v) is 2.81. The molecule has 4 nitrogen and oxygen atoms in total. The Balaban J connectivity index is 1.68. The summed E-state index contributed by atoms with van der Waals surface area (Å²) in [7, 11) is 1.99. The van der Waals surface area contributed by atoms with E-state index in [0.29, 0.717) is 0 Å². The molecule has 1 aliphatic rings. The third-order valence-electron chi connectivity index (χ3n) is 2.78. The van der Waals surface area contributed by atoms with Crippen LogP contribution in [0.25, 0.3) is 0 Å². The molecule has 2 rings (SSSR count). The fraction of sp³-hybridized carbons (Fsp3) is 0.800. The zero-order valence-corrected chi connectivity index (χ0v) is 9.96. The van der Waals surface area contributed by atoms with Crippen molar-refractivity contribution in [2.75, 3.05) is 12.3 Å². The first kappa shape index (κ1) is 11.0. The predicted octanol–water partition coefficient (Wildman–Crippen LogP) is 1.44. The summed E-state index contributed by atoms with van der Waals surface area (Å²) in [6.45, 7) is 1.19. The number of piperidine rings is 1. The smallest absolute Gasteiger partial charge is 0.190 e. The van der Waals surface area contributed by atoms with Gasteiger partial charge in [0, 0.05) is 18.8 Å². The number of hydrogen-bond acceptors (Lipinski definition) is 4. The average molecular weight is 226 g/mol. The quantitative estimate of drug-likeness (QED) is 0.789. The van der Waals surface area contributed by atoms with Crippen molar-refractivity contribution in [3.63, 3.8) is 0 Å². The van der Waals surface area contributed by atoms with Crippen molar-refractivity contribution in [2.24, 2.45) is 7.05 Å². The summed E-state index contributed by atoms with van der Waals surface area (Å²) in [5.74, 6) is 1.13. The maximum Gasteiger partial charge on any atom is 0.190 e. The highest BCUT2D eigenvalue weighted by Gasteiger charge is 2.12. The van der Waals surface area contributed by atoms with Crippen LogP contribution in [0.1, 0.15) is 25.7 Å². The number of rotatable bonds is 4. The Hall–Kier alpha value is -0.550. The Bertz CT molecular complexity index is 293. The minimum absolute atomic E-state index is 0.722. The van der Waals surface area contributed by atoms with Crippen molar-refractivity contribution < 1.29 is 0 Å². The number of aromatic nitrogens is 3. The van der Waals surface area contributed by atoms with Gasteiger partial charge < -0.3 is 9.88 Å². The molecule has 0 unspecified atom stereocenters. The molecular formula is C10H18N4S. The third-order valence-corrected chi connectivity index (χ3v) is 3.85. The number of aryl methyl sites for hydroxylation is 1. The van der Waals surface area contributed by atoms with Gasteiger partial charge in [0.05, 0.1) is 0 Å². The van der Waals surface area contributed by atoms with Gasteiger partial charge in [0.25, 0.3) is 0 Å². The molecule has 0 aliphatic carbocycles. The van der Waals surface area contributed by atoms with Gasteiger partial charge in [-0.15, -0.1) is 10.2 Å². The highest BCUT2D eigenvalue weighted by atomic mass is 32.2. The van der Waals surface area contributed by atoms with Crippen LogP contribution < -0.4 is 5.32 Å². The summed E-state index contributed by atoms with van der Waals surface area (Å²) >= 11 is 1.80. The molecule has 1 aromatic heterocycles. The largest absolute Gasteiger partial charge is 0.314 e. The van der Waals surface area contributed by atoms with Crippen molar-refractivity contribution in [2.45, 2.75) is 36.9 Å². The van der Waals surface area contributed by atoms with Crippen LogP contribution in [0.15, 0.2) is 11.5 Å². The van der Waals surface area contributed by atoms with Crippen molar-refractivity contribution >= 4 is 11.8 Å². The second kappa shape index (κ2) is 5.51. The number of hydrogen-bond donors (Lipinski definition) is 1. The van der Waals surface area contributed by atoms with Crippen LogP contribution in [0.3, 0.4) is 0 Å². The summed E-state index contributed by atoms with van der Waals surface area (Å²) in [5.41, 5.74) is 0. The molecular weight excluding hydrogens is 208 g/mol. The molecule has 1 N–H and O–H groups in total. The molecule has 0 bridgehead atoms. The molecule has 5 heteroatoms. The zero-order valence-electron chi connectivity index (χ0n) is 9.15. The van der Waals surface area contributed by atoms with Gasteiger partial charge in [-0.1, -0.05) is 18.2 Å². The molecule has 1 aromatic rings. The summed E-state index contributed by atoms with van der Waals surface area (Å²) in [6, 6.07) is 0.722. The van der Waals surface area contributed by atoms with E-state index in [0.717, 1.165) is 17.0 Å². The van der Waals surface area contributed by atoms with E-state index < -0.39 is 0 Å². The number of nitrogens with zero attached hydrogens (tertiary/aromatic N) is 3. The lowest BCUT2D eigenvalue weighted by atomic mass is 10.0. The lowest BCUT2D eigenvalue weighted by Crippen LogP contribution is -2.34. The SMILES string of the molecule is Cn1cnnc1SCC[C@@H]1CCCCN1. The van der Waals surface area contributed by atoms with Crippen LogP contribution in [0.5, 0.6) is 0 Å². The van der Waals surface area contributed by atoms with E-state index in [1.165, 1.54) is 32.2 Å². The molecule has 15 heavy (non-hydrogen) atoms. The number of thioether (sulfide) groups is 1. The number of nitrogens with one attached hydrogen (secondary N) is 1. The summed E-state index contributed by atoms with van der Waals surface area (Å²) in [6.07, 6.45) is 7.04. The van der Waals surface area contributed by atoms with Crippen molar-refractivity contribution in [3.05, 3.63) is 6.33 Å². The first-order chi connectivity index (χ1) is 7.36. The highest BCUT2D eigenvalue weighted by Crippen LogP contribution is 2.18. The van der Waals surface area contributed by atoms with Gasteiger partial charge in [0.15, 0.2) is 5.16 Å². The van der Waals surface area contributed by atoms with Gasteiger partial charge in [-0.25, -0.2) is 0 Å². The molecule has 1 atom stereocenters. The summed E-state index contributed by atoms with van der Waals surface area (Å²) < 4.78 is 1.97. The van der Waals surface area contributed by atoms with Crippen molar-refractivity contribution in [3.8, 4) is 0 Å². The zero-order chi connectivity index (χ0) is 10.5. The summed E-state index contributed by atoms with van der Waals surface area (Å²) in [4.78, 5) is 0. The van der Waals surface area contributed by atoms with Gasteiger partial charge >= 0.3 is 0 Å². The van der Waals surface area contributed by atoms with E-state index in [-0.39, 0.29) is 0 Å². The van der Waals surface area contributed by atoms with Gasteiger partial charge in [-0.05, 0) is 25.8 Å². The van der Waals surface area contributed by atoms with Gasteiger partial charge in [-0.3, -0.25) is 0 Å². The Kier molecular flexibility index (Phi) is 4.02. The molecule has 0 aromatic carbocycles. The van der Waals surface area contributed by atoms with E-state index in [4.69, 9.17) is 0 Å². The van der Waals surface area contributed by atoms with Crippen LogP contribution >= 0.6 is 11.8 Å². The Morgan fingerprint density at radius 3 is 3.20 bits per heavy atom. The maximum atomic E-state index is 4.05. The average Bonchev–Trinajstić information content (AvgIpc) is 2.66. The molecule has 1 fully saturated rings. The highest BCUT2D eigenvalue weighted by molar-refractivity contribution is 7.99. The monoisotopic (exact) mass is 226 g/mol. The molecule has 0 saturated carbocycles. The second-order valence-electron chi connectivity index (χ2n) is 4.01. The molecule has 1 saturated heterocycles. The van der Waals surface area contributed by atoms with E-state index in [1.807, 2.05) is 11.6 Å². The minimum atomic E-state index is 0.722. The van der Waals surface area contributed by atoms with E-state index in [9.17, 15) is 0 Å². The minimum Gasteiger partial charge on any atom is -0.314 e. The third kappa shape index (κ3) is 3.21. The molecule has 1 aliphatic heterocycles. The van der Waals surface area contributed by atoms with Crippen LogP contribution in [0.4, 0.5) is 0 Å². The Morgan fingerprint density at radius 1 is 1.60 bits per heavy atom. The Morgan fingerprint density at radius 2 is 2.53 bits per heavy atom. The maximum absolute atomic E-state index is 4.05. The second-order valence-corrected chi connectivity index (χ2v) is 5.07. The lowest BCUT2D eigenvalue weighted by molar-refractivity contribution is 0.394. The lowest BCUT2D eigenvalue weighted by Gasteiger charge is -2.22. The summed E-state index contributed by atoms with van der Waals surface area (Å²) in [5, 5.41) is 12.5. The van der Waals surface area contributed by atoms with Crippen molar-refractivity contribution in [1.82, 2.24) is 20.1 Å². The first-order valence-corrected chi connectivity index (χ1v) is 6.55. The topological polar surface area (TPSA) is 42.7 Å². The van der Waals surface area contributed by atoms with E-state index >= 15 is 0 Å². The predicted molar refractivity (Wildman–Crippen MR) is 62.0 cm³/mol. The fourth-order valence-electron chi connectivity index (χ4n) is 1.87. The van der Waals surface area contributed by atoms with Crippen LogP contribution in [-0.2, 0) is 7.05 Å². The van der Waals surface area contributed by atoms with Gasteiger partial charge in [0.2, 0.25) is 0 Å². The molecule has 0 amide bonds. The van der Waals surface area contributed by atoms with Crippen LogP contribution in [0.2, 0.25) is 0 Å². The van der Waals surface area contributed by atoms with Crippen molar-refractivity contribution in [1.29, 1.82) is 0 Å². The van der Waals surface area contributed by atoms with E-state index in [1.54, 1.807) is 18.1 Å². The molecule has 84 valence electrons. The normalized spacial score (nSPS) is 21.8. The van der Waals surface area contributed by atoms with E-state index in [2.05, 4.69) is 15.5 Å². The molecule has 0 radical (unpaired) electrons. The van der Waals surface area contributed by atoms with Crippen LogP contribution in [0, 0.1) is 0 Å². The van der Waals surface area contributed by atoms with Gasteiger partial charge in [0.1, 0.15) is 6.33 Å². The van der Waals surface area contributed by atoms with Crippen LogP contribution in [-0.4, -0.2) is 33.1 Å². The van der Waals surface area contributed by atoms with Gasteiger partial charge in [-0.2, -0.15) is 0 Å². The Labute approximate surface area is 94.8 Å². The molecule has 2 heterocycles. The molecule has 0 spiro atoms.